The summed E-state index contributed by atoms with van der Waals surface area (Å²) >= 11 is 0. The highest BCUT2D eigenvalue weighted by atomic mass is 16.1. The summed E-state index contributed by atoms with van der Waals surface area (Å²) in [6.45, 7) is 1.72. The molecule has 1 aliphatic rings. The number of rotatable bonds is 1. The number of nitrogens with one attached hydrogen (secondary N) is 1. The maximum Gasteiger partial charge on any atom is 0.332 e. The molecule has 0 bridgehead atoms. The van der Waals surface area contributed by atoms with Crippen LogP contribution in [0.1, 0.15) is 18.3 Å². The molecule has 3 N–H and O–H groups in total. The Labute approximate surface area is 131 Å². The van der Waals surface area contributed by atoms with E-state index in [1.54, 1.807) is 31.2 Å². The molecule has 0 spiro atoms. The van der Waals surface area contributed by atoms with E-state index in [0.29, 0.717) is 17.0 Å². The molecule has 6 nitrogen and oxygen atoms in total. The molecule has 1 unspecified atom stereocenters. The van der Waals surface area contributed by atoms with Crippen LogP contribution in [0.2, 0.25) is 0 Å². The second-order valence-corrected chi connectivity index (χ2v) is 5.83. The van der Waals surface area contributed by atoms with E-state index in [1.807, 2.05) is 24.3 Å². The number of hydrogen-bond acceptors (Lipinski definition) is 3. The van der Waals surface area contributed by atoms with Gasteiger partial charge in [-0.05, 0) is 31.2 Å². The maximum atomic E-state index is 12.5. The molecular formula is C17H14N4O2. The van der Waals surface area contributed by atoms with Crippen molar-refractivity contribution in [2.45, 2.75) is 6.92 Å². The van der Waals surface area contributed by atoms with Crippen molar-refractivity contribution in [3.63, 3.8) is 0 Å². The lowest BCUT2D eigenvalue weighted by Gasteiger charge is -2.15. The van der Waals surface area contributed by atoms with E-state index in [4.69, 9.17) is 5.73 Å². The van der Waals surface area contributed by atoms with E-state index >= 15 is 0 Å². The Morgan fingerprint density at radius 1 is 1.26 bits per heavy atom. The zero-order valence-electron chi connectivity index (χ0n) is 12.4. The molecule has 6 heteroatoms. The lowest BCUT2D eigenvalue weighted by Crippen LogP contribution is -2.30. The summed E-state index contributed by atoms with van der Waals surface area (Å²) in [7, 11) is 0. The second-order valence-electron chi connectivity index (χ2n) is 5.83. The largest absolute Gasteiger partial charge is 0.369 e. The Morgan fingerprint density at radius 2 is 2.00 bits per heavy atom. The van der Waals surface area contributed by atoms with Gasteiger partial charge in [-0.25, -0.2) is 14.2 Å². The minimum atomic E-state index is -0.899. The minimum absolute atomic E-state index is 0.270. The topological polar surface area (TPSA) is 93.2 Å². The van der Waals surface area contributed by atoms with Crippen LogP contribution in [0, 0.1) is 5.41 Å². The van der Waals surface area contributed by atoms with E-state index in [-0.39, 0.29) is 5.69 Å². The summed E-state index contributed by atoms with van der Waals surface area (Å²) in [6.07, 6.45) is 6.87. The van der Waals surface area contributed by atoms with Crippen LogP contribution in [0.3, 0.4) is 0 Å². The highest BCUT2D eigenvalue weighted by molar-refractivity contribution is 5.93. The van der Waals surface area contributed by atoms with E-state index in [0.717, 1.165) is 10.9 Å². The van der Waals surface area contributed by atoms with E-state index in [2.05, 4.69) is 9.97 Å². The van der Waals surface area contributed by atoms with Crippen molar-refractivity contribution >= 4 is 34.6 Å². The van der Waals surface area contributed by atoms with Gasteiger partial charge < -0.3 is 10.7 Å². The molecular weight excluding hydrogens is 292 g/mol. The smallest absolute Gasteiger partial charge is 0.332 e. The molecule has 0 fully saturated rings. The number of hydrogen-bond donors (Lipinski definition) is 2. The second kappa shape index (κ2) is 4.42. The maximum absolute atomic E-state index is 12.5. The van der Waals surface area contributed by atoms with Crippen LogP contribution in [0.15, 0.2) is 41.2 Å². The predicted molar refractivity (Wildman–Crippen MR) is 88.7 cm³/mol. The van der Waals surface area contributed by atoms with Crippen LogP contribution in [0.25, 0.3) is 28.7 Å². The first-order valence-electron chi connectivity index (χ1n) is 7.21. The Morgan fingerprint density at radius 3 is 2.78 bits per heavy atom. The number of nitrogens with zero attached hydrogens (tertiary/aromatic N) is 2. The van der Waals surface area contributed by atoms with Crippen LogP contribution in [0.5, 0.6) is 0 Å². The van der Waals surface area contributed by atoms with Gasteiger partial charge in [-0.15, -0.1) is 0 Å². The number of aromatic amines is 1. The molecule has 1 atom stereocenters. The van der Waals surface area contributed by atoms with Crippen molar-refractivity contribution < 1.29 is 4.79 Å². The van der Waals surface area contributed by atoms with Crippen molar-refractivity contribution in [3.05, 3.63) is 58.3 Å². The van der Waals surface area contributed by atoms with E-state index in [9.17, 15) is 9.59 Å². The summed E-state index contributed by atoms with van der Waals surface area (Å²) in [6, 6.07) is 7.51. The quantitative estimate of drug-likeness (QED) is 0.716. The third kappa shape index (κ3) is 1.85. The van der Waals surface area contributed by atoms with Crippen molar-refractivity contribution in [3.8, 4) is 0 Å². The zero-order valence-corrected chi connectivity index (χ0v) is 12.4. The van der Waals surface area contributed by atoms with Crippen LogP contribution in [0.4, 0.5) is 0 Å². The highest BCUT2D eigenvalue weighted by Gasteiger charge is 2.27. The van der Waals surface area contributed by atoms with Gasteiger partial charge in [0.25, 0.3) is 0 Å². The number of fused-ring (bicyclic) bond motifs is 5. The lowest BCUT2D eigenvalue weighted by molar-refractivity contribution is -0.122. The molecule has 0 radical (unpaired) electrons. The Bertz CT molecular complexity index is 1090. The van der Waals surface area contributed by atoms with Gasteiger partial charge in [0.1, 0.15) is 0 Å². The molecule has 1 amide bonds. The van der Waals surface area contributed by atoms with Crippen molar-refractivity contribution in [2.24, 2.45) is 11.1 Å². The Hall–Kier alpha value is -3.15. The van der Waals surface area contributed by atoms with Crippen LogP contribution < -0.4 is 11.4 Å². The monoisotopic (exact) mass is 306 g/mol. The van der Waals surface area contributed by atoms with Crippen LogP contribution in [-0.4, -0.2) is 20.3 Å². The predicted octanol–water partition coefficient (Wildman–Crippen LogP) is 1.71. The summed E-state index contributed by atoms with van der Waals surface area (Å²) in [5, 5.41) is 0.861. The van der Waals surface area contributed by atoms with Gasteiger partial charge in [-0.1, -0.05) is 24.3 Å². The van der Waals surface area contributed by atoms with E-state index in [1.165, 1.54) is 4.40 Å². The number of carbonyl (C=O) groups excluding carboxylic acids is 1. The van der Waals surface area contributed by atoms with Crippen molar-refractivity contribution in [2.75, 3.05) is 0 Å². The molecule has 1 aromatic carbocycles. The normalized spacial score (nSPS) is 19.9. The van der Waals surface area contributed by atoms with Gasteiger partial charge in [0.15, 0.2) is 5.65 Å². The average Bonchev–Trinajstić information content (AvgIpc) is 2.82. The zero-order chi connectivity index (χ0) is 16.2. The molecule has 4 rings (SSSR count). The summed E-state index contributed by atoms with van der Waals surface area (Å²) in [4.78, 5) is 31.5. The first-order valence-corrected chi connectivity index (χ1v) is 7.21. The van der Waals surface area contributed by atoms with Crippen molar-refractivity contribution in [1.82, 2.24) is 14.4 Å². The number of H-pyrrole nitrogens is 1. The number of aromatic nitrogens is 3. The number of primary amides is 1. The fourth-order valence-electron chi connectivity index (χ4n) is 2.80. The third-order valence-electron chi connectivity index (χ3n) is 4.26. The Balaban J connectivity index is 2.08. The number of amides is 1. The van der Waals surface area contributed by atoms with Gasteiger partial charge >= 0.3 is 5.69 Å². The lowest BCUT2D eigenvalue weighted by atomic mass is 9.89. The molecule has 114 valence electrons. The van der Waals surface area contributed by atoms with Gasteiger partial charge in [0, 0.05) is 5.39 Å². The number of imidazole rings is 1. The van der Waals surface area contributed by atoms with Gasteiger partial charge in [-0.2, -0.15) is 0 Å². The summed E-state index contributed by atoms with van der Waals surface area (Å²) in [5.41, 5.74) is 6.88. The Kier molecular flexibility index (Phi) is 2.60. The molecule has 0 aliphatic heterocycles. The molecule has 0 saturated heterocycles. The number of para-hydroxylation sites is 1. The fraction of sp³-hybridized carbons (Fsp3) is 0.118. The first kappa shape index (κ1) is 13.5. The fourth-order valence-corrected chi connectivity index (χ4v) is 2.80. The number of nitrogens with two attached hydrogens (primary N) is 1. The minimum Gasteiger partial charge on any atom is -0.369 e. The molecule has 23 heavy (non-hydrogen) atoms. The SMILES string of the molecule is CC1(C(N)=O)C=Cc2nc3c4ccccc4[nH]c(=O)n3c2C=C1. The van der Waals surface area contributed by atoms with E-state index < -0.39 is 11.3 Å². The van der Waals surface area contributed by atoms with Gasteiger partial charge in [0.2, 0.25) is 5.91 Å². The van der Waals surface area contributed by atoms with Crippen LogP contribution >= 0.6 is 0 Å². The third-order valence-corrected chi connectivity index (χ3v) is 4.26. The molecule has 2 heterocycles. The highest BCUT2D eigenvalue weighted by Crippen LogP contribution is 2.29. The first-order chi connectivity index (χ1) is 11.0. The molecule has 2 aromatic heterocycles. The van der Waals surface area contributed by atoms with Gasteiger partial charge in [-0.3, -0.25) is 4.79 Å². The summed E-state index contributed by atoms with van der Waals surface area (Å²) in [5.74, 6) is -0.455. The molecule has 0 saturated carbocycles. The molecule has 1 aliphatic carbocycles. The number of benzene rings is 1. The van der Waals surface area contributed by atoms with Gasteiger partial charge in [0.05, 0.1) is 22.3 Å². The standard InChI is InChI=1S/C17H14N4O2/c1-17(15(18)22)8-6-12-13(7-9-17)21-14(19-12)10-4-2-3-5-11(10)20-16(21)23/h2-9H,1H3,(H2,18,22)(H,20,23). The average molecular weight is 306 g/mol. The number of carbonyl (C=O) groups is 1. The van der Waals surface area contributed by atoms with Crippen molar-refractivity contribution in [1.29, 1.82) is 0 Å². The molecule has 3 aromatic rings. The summed E-state index contributed by atoms with van der Waals surface area (Å²) < 4.78 is 1.52. The van der Waals surface area contributed by atoms with Crippen LogP contribution in [-0.2, 0) is 4.79 Å².